The molecule has 1 heterocycles. The highest BCUT2D eigenvalue weighted by Crippen LogP contribution is 2.09. The number of rotatable bonds is 3. The zero-order chi connectivity index (χ0) is 7.40. The van der Waals surface area contributed by atoms with Crippen molar-refractivity contribution >= 4 is 0 Å². The monoisotopic (exact) mass is 142 g/mol. The molecule has 0 bridgehead atoms. The van der Waals surface area contributed by atoms with Crippen LogP contribution in [0.4, 0.5) is 0 Å². The van der Waals surface area contributed by atoms with Crippen molar-refractivity contribution in [2.45, 2.75) is 6.04 Å². The number of hydrogen-bond donors (Lipinski definition) is 1. The van der Waals surface area contributed by atoms with Gasteiger partial charge in [0.05, 0.1) is 12.6 Å². The first-order valence-electron chi connectivity index (χ1n) is 3.24. The van der Waals surface area contributed by atoms with Gasteiger partial charge in [-0.15, -0.1) is 0 Å². The maximum Gasteiger partial charge on any atom is 0.0628 e. The van der Waals surface area contributed by atoms with Crippen molar-refractivity contribution < 1.29 is 5.11 Å². The molecule has 1 aliphatic heterocycles. The molecule has 0 amide bonds. The van der Waals surface area contributed by atoms with Gasteiger partial charge in [-0.3, -0.25) is 0 Å². The molecule has 0 saturated carbocycles. The summed E-state index contributed by atoms with van der Waals surface area (Å²) in [4.78, 5) is 4.73. The molecule has 5 nitrogen and oxygen atoms in total. The SMILES string of the molecule is [N-]=[N+]=NC1CN(CCO)C1. The fourth-order valence-corrected chi connectivity index (χ4v) is 1.01. The largest absolute Gasteiger partial charge is 0.395 e. The van der Waals surface area contributed by atoms with Crippen molar-refractivity contribution in [3.05, 3.63) is 10.4 Å². The summed E-state index contributed by atoms with van der Waals surface area (Å²) in [5, 5.41) is 12.0. The van der Waals surface area contributed by atoms with Crippen LogP contribution < -0.4 is 0 Å². The lowest BCUT2D eigenvalue weighted by Crippen LogP contribution is -2.50. The van der Waals surface area contributed by atoms with Crippen molar-refractivity contribution in [3.8, 4) is 0 Å². The van der Waals surface area contributed by atoms with Gasteiger partial charge < -0.3 is 10.0 Å². The summed E-state index contributed by atoms with van der Waals surface area (Å²) >= 11 is 0. The molecule has 0 spiro atoms. The smallest absolute Gasteiger partial charge is 0.0628 e. The zero-order valence-electron chi connectivity index (χ0n) is 5.64. The Labute approximate surface area is 58.9 Å². The van der Waals surface area contributed by atoms with Crippen LogP contribution in [0.15, 0.2) is 5.11 Å². The van der Waals surface area contributed by atoms with Gasteiger partial charge in [0.1, 0.15) is 0 Å². The maximum atomic E-state index is 8.47. The molecule has 0 aliphatic carbocycles. The van der Waals surface area contributed by atoms with Crippen LogP contribution in [-0.4, -0.2) is 42.3 Å². The molecule has 1 aliphatic rings. The number of likely N-dealkylation sites (tertiary alicyclic amines) is 1. The third-order valence-electron chi connectivity index (χ3n) is 1.57. The van der Waals surface area contributed by atoms with E-state index in [4.69, 9.17) is 10.6 Å². The molecule has 10 heavy (non-hydrogen) atoms. The Hall–Kier alpha value is -0.770. The standard InChI is InChI=1S/C5H10N4O/c6-8-7-5-3-9(4-5)1-2-10/h5,10H,1-4H2. The molecule has 0 aromatic rings. The maximum absolute atomic E-state index is 8.47. The van der Waals surface area contributed by atoms with Gasteiger partial charge >= 0.3 is 0 Å². The van der Waals surface area contributed by atoms with E-state index in [9.17, 15) is 0 Å². The molecular weight excluding hydrogens is 132 g/mol. The number of azide groups is 1. The molecule has 1 fully saturated rings. The lowest BCUT2D eigenvalue weighted by atomic mass is 10.1. The first kappa shape index (κ1) is 7.34. The minimum absolute atomic E-state index is 0.136. The Kier molecular flexibility index (Phi) is 2.50. The van der Waals surface area contributed by atoms with Gasteiger partial charge in [0.2, 0.25) is 0 Å². The zero-order valence-corrected chi connectivity index (χ0v) is 5.64. The van der Waals surface area contributed by atoms with E-state index in [1.54, 1.807) is 0 Å². The van der Waals surface area contributed by atoms with Crippen LogP contribution in [0.2, 0.25) is 0 Å². The number of β-amino-alcohol motifs (C(OH)–C–C–N with tert-alkyl or cyclic N) is 1. The molecule has 0 aromatic carbocycles. The van der Waals surface area contributed by atoms with Gasteiger partial charge in [-0.2, -0.15) is 0 Å². The number of aliphatic hydroxyl groups is 1. The third kappa shape index (κ3) is 1.60. The average molecular weight is 142 g/mol. The predicted octanol–water partition coefficient (Wildman–Crippen LogP) is -0.0268. The lowest BCUT2D eigenvalue weighted by Gasteiger charge is -2.35. The number of hydrogen-bond acceptors (Lipinski definition) is 3. The van der Waals surface area contributed by atoms with E-state index < -0.39 is 0 Å². The van der Waals surface area contributed by atoms with Crippen molar-refractivity contribution in [3.63, 3.8) is 0 Å². The molecule has 1 rings (SSSR count). The van der Waals surface area contributed by atoms with Crippen LogP contribution in [0.1, 0.15) is 0 Å². The quantitative estimate of drug-likeness (QED) is 0.341. The van der Waals surface area contributed by atoms with Crippen molar-refractivity contribution in [1.82, 2.24) is 4.90 Å². The Morgan fingerprint density at radius 2 is 2.40 bits per heavy atom. The summed E-state index contributed by atoms with van der Waals surface area (Å²) in [6, 6.07) is 0.136. The number of aliphatic hydroxyl groups excluding tert-OH is 1. The molecule has 56 valence electrons. The minimum Gasteiger partial charge on any atom is -0.395 e. The highest BCUT2D eigenvalue weighted by Gasteiger charge is 2.24. The molecular formula is C5H10N4O. The van der Waals surface area contributed by atoms with Crippen molar-refractivity contribution in [1.29, 1.82) is 0 Å². The van der Waals surface area contributed by atoms with Crippen molar-refractivity contribution in [2.75, 3.05) is 26.2 Å². The van der Waals surface area contributed by atoms with Gasteiger partial charge in [-0.05, 0) is 5.53 Å². The second-order valence-electron chi connectivity index (χ2n) is 2.34. The van der Waals surface area contributed by atoms with Gasteiger partial charge in [-0.1, -0.05) is 5.11 Å². The van der Waals surface area contributed by atoms with Crippen LogP contribution >= 0.6 is 0 Å². The van der Waals surface area contributed by atoms with Gasteiger partial charge in [0.25, 0.3) is 0 Å². The Bertz CT molecular complexity index is 148. The molecule has 1 saturated heterocycles. The fourth-order valence-electron chi connectivity index (χ4n) is 1.01. The van der Waals surface area contributed by atoms with E-state index in [0.29, 0.717) is 6.54 Å². The molecule has 5 heteroatoms. The van der Waals surface area contributed by atoms with Gasteiger partial charge in [0.15, 0.2) is 0 Å². The Balaban J connectivity index is 2.11. The number of nitrogens with zero attached hydrogens (tertiary/aromatic N) is 4. The molecule has 1 N–H and O–H groups in total. The van der Waals surface area contributed by atoms with Crippen LogP contribution in [0.3, 0.4) is 0 Å². The van der Waals surface area contributed by atoms with Gasteiger partial charge in [0, 0.05) is 24.5 Å². The topological polar surface area (TPSA) is 72.2 Å². The first-order chi connectivity index (χ1) is 4.86. The van der Waals surface area contributed by atoms with E-state index in [0.717, 1.165) is 13.1 Å². The van der Waals surface area contributed by atoms with E-state index >= 15 is 0 Å². The van der Waals surface area contributed by atoms with Crippen LogP contribution in [0, 0.1) is 0 Å². The van der Waals surface area contributed by atoms with Gasteiger partial charge in [-0.25, -0.2) is 0 Å². The Morgan fingerprint density at radius 3 is 2.90 bits per heavy atom. The molecule has 0 unspecified atom stereocenters. The second-order valence-corrected chi connectivity index (χ2v) is 2.34. The second kappa shape index (κ2) is 3.41. The van der Waals surface area contributed by atoms with E-state index in [-0.39, 0.29) is 12.6 Å². The normalized spacial score (nSPS) is 19.7. The summed E-state index contributed by atoms with van der Waals surface area (Å²) in [5.74, 6) is 0. The van der Waals surface area contributed by atoms with Crippen LogP contribution in [-0.2, 0) is 0 Å². The van der Waals surface area contributed by atoms with E-state index in [1.807, 2.05) is 4.90 Å². The Morgan fingerprint density at radius 1 is 1.70 bits per heavy atom. The molecule has 0 aromatic heterocycles. The summed E-state index contributed by atoms with van der Waals surface area (Å²) in [5.41, 5.74) is 8.01. The summed E-state index contributed by atoms with van der Waals surface area (Å²) in [6.07, 6.45) is 0. The van der Waals surface area contributed by atoms with E-state index in [1.165, 1.54) is 0 Å². The minimum atomic E-state index is 0.136. The third-order valence-corrected chi connectivity index (χ3v) is 1.57. The van der Waals surface area contributed by atoms with Crippen LogP contribution in [0.5, 0.6) is 0 Å². The average Bonchev–Trinajstić information content (AvgIpc) is 1.84. The highest BCUT2D eigenvalue weighted by atomic mass is 16.3. The van der Waals surface area contributed by atoms with Crippen molar-refractivity contribution in [2.24, 2.45) is 5.11 Å². The molecule has 0 radical (unpaired) electrons. The summed E-state index contributed by atoms with van der Waals surface area (Å²) < 4.78 is 0. The first-order valence-corrected chi connectivity index (χ1v) is 3.24. The van der Waals surface area contributed by atoms with Crippen LogP contribution in [0.25, 0.3) is 10.4 Å². The lowest BCUT2D eigenvalue weighted by molar-refractivity contribution is 0.118. The summed E-state index contributed by atoms with van der Waals surface area (Å²) in [6.45, 7) is 2.47. The fraction of sp³-hybridized carbons (Fsp3) is 1.00. The predicted molar refractivity (Wildman–Crippen MR) is 36.5 cm³/mol. The molecule has 0 atom stereocenters. The summed E-state index contributed by atoms with van der Waals surface area (Å²) in [7, 11) is 0. The highest BCUT2D eigenvalue weighted by molar-refractivity contribution is 4.85. The van der Waals surface area contributed by atoms with E-state index in [2.05, 4.69) is 10.0 Å².